The molecule has 4 aromatic rings. The third kappa shape index (κ3) is 3.82. The Labute approximate surface area is 172 Å². The minimum Gasteiger partial charge on any atom is -0.496 e. The lowest BCUT2D eigenvalue weighted by molar-refractivity contribution is 0.415. The average molecular weight is 426 g/mol. The first-order valence-corrected chi connectivity index (χ1v) is 10.6. The van der Waals surface area contributed by atoms with Crippen molar-refractivity contribution in [1.82, 2.24) is 19.7 Å². The quantitative estimate of drug-likeness (QED) is 0.476. The highest BCUT2D eigenvalue weighted by Crippen LogP contribution is 2.33. The number of aromatic nitrogens is 4. The van der Waals surface area contributed by atoms with E-state index in [2.05, 4.69) is 20.4 Å². The van der Waals surface area contributed by atoms with Crippen LogP contribution in [0.25, 0.3) is 17.0 Å². The van der Waals surface area contributed by atoms with Crippen LogP contribution in [-0.2, 0) is 9.84 Å². The van der Waals surface area contributed by atoms with E-state index >= 15 is 0 Å². The van der Waals surface area contributed by atoms with E-state index < -0.39 is 9.84 Å². The van der Waals surface area contributed by atoms with E-state index in [-0.39, 0.29) is 16.8 Å². The van der Waals surface area contributed by atoms with Crippen molar-refractivity contribution in [3.05, 3.63) is 55.1 Å². The molecule has 0 fully saturated rings. The number of methoxy groups -OCH3 is 1. The van der Waals surface area contributed by atoms with Crippen molar-refractivity contribution in [1.29, 1.82) is 0 Å². The smallest absolute Gasteiger partial charge is 0.248 e. The number of nitrogens with zero attached hydrogens (tertiary/aromatic N) is 4. The summed E-state index contributed by atoms with van der Waals surface area (Å²) in [6.45, 7) is 0. The van der Waals surface area contributed by atoms with Gasteiger partial charge in [-0.05, 0) is 36.4 Å². The number of nitrogen functional groups attached to an aromatic ring is 1. The van der Waals surface area contributed by atoms with Crippen LogP contribution >= 0.6 is 0 Å². The fourth-order valence-corrected chi connectivity index (χ4v) is 3.48. The molecule has 3 N–H and O–H groups in total. The summed E-state index contributed by atoms with van der Waals surface area (Å²) in [7, 11) is -1.73. The van der Waals surface area contributed by atoms with E-state index in [0.717, 1.165) is 11.8 Å². The third-order valence-corrected chi connectivity index (χ3v) is 5.43. The molecule has 0 aliphatic rings. The molecule has 2 aromatic carbocycles. The Balaban J connectivity index is 1.59. The number of hydrogen-bond acceptors (Lipinski definition) is 9. The molecule has 0 bridgehead atoms. The molecule has 0 amide bonds. The Hall–Kier alpha value is -3.86. The fourth-order valence-electron chi connectivity index (χ4n) is 2.85. The number of ether oxygens (including phenoxy) is 1. The molecule has 0 radical (unpaired) electrons. The van der Waals surface area contributed by atoms with Crippen LogP contribution < -0.4 is 15.8 Å². The zero-order chi connectivity index (χ0) is 21.3. The molecule has 11 heteroatoms. The molecule has 0 atom stereocenters. The molecule has 0 saturated heterocycles. The number of nitrogens with one attached hydrogen (secondary N) is 1. The van der Waals surface area contributed by atoms with Crippen LogP contribution in [0.2, 0.25) is 0 Å². The first-order chi connectivity index (χ1) is 14.3. The number of sulfone groups is 1. The molecule has 0 saturated carbocycles. The van der Waals surface area contributed by atoms with Crippen molar-refractivity contribution in [2.24, 2.45) is 0 Å². The van der Waals surface area contributed by atoms with Gasteiger partial charge in [0.2, 0.25) is 11.9 Å². The van der Waals surface area contributed by atoms with Gasteiger partial charge in [0, 0.05) is 18.0 Å². The highest BCUT2D eigenvalue weighted by atomic mass is 32.2. The van der Waals surface area contributed by atoms with Gasteiger partial charge in [0.1, 0.15) is 5.75 Å². The zero-order valence-electron chi connectivity index (χ0n) is 16.1. The number of hydrogen-bond donors (Lipinski definition) is 2. The van der Waals surface area contributed by atoms with E-state index in [1.165, 1.54) is 23.2 Å². The highest BCUT2D eigenvalue weighted by Gasteiger charge is 2.14. The van der Waals surface area contributed by atoms with E-state index in [0.29, 0.717) is 22.9 Å². The van der Waals surface area contributed by atoms with Gasteiger partial charge in [-0.3, -0.25) is 0 Å². The predicted octanol–water partition coefficient (Wildman–Crippen LogP) is 2.66. The molecular formula is C19H18N6O4S. The van der Waals surface area contributed by atoms with Gasteiger partial charge in [-0.2, -0.15) is 9.67 Å². The van der Waals surface area contributed by atoms with Crippen molar-refractivity contribution in [3.63, 3.8) is 0 Å². The molecule has 10 nitrogen and oxygen atoms in total. The summed E-state index contributed by atoms with van der Waals surface area (Å²) in [5.41, 5.74) is 8.00. The molecule has 30 heavy (non-hydrogen) atoms. The first-order valence-electron chi connectivity index (χ1n) is 8.72. The normalized spacial score (nSPS) is 11.4. The van der Waals surface area contributed by atoms with Gasteiger partial charge in [-0.1, -0.05) is 0 Å². The molecular weight excluding hydrogens is 408 g/mol. The molecule has 0 unspecified atom stereocenters. The molecule has 0 aliphatic carbocycles. The minimum absolute atomic E-state index is 0.148. The van der Waals surface area contributed by atoms with E-state index in [9.17, 15) is 8.42 Å². The standard InChI is InChI=1S/C19H18N6O4S/c1-28-16-9-12(3-8-15(16)17-10-21-11-29-17)22-19-23-18(20)25(24-19)13-4-6-14(7-5-13)30(2,26)27/h3-11H,1-2H3,(H3,20,22,23,24). The van der Waals surface area contributed by atoms with Crippen LogP contribution in [0.3, 0.4) is 0 Å². The second-order valence-electron chi connectivity index (χ2n) is 6.38. The first kappa shape index (κ1) is 19.5. The van der Waals surface area contributed by atoms with Gasteiger partial charge in [-0.25, -0.2) is 13.4 Å². The summed E-state index contributed by atoms with van der Waals surface area (Å²) < 4.78 is 35.4. The van der Waals surface area contributed by atoms with Crippen molar-refractivity contribution >= 4 is 27.4 Å². The van der Waals surface area contributed by atoms with Crippen molar-refractivity contribution in [2.75, 3.05) is 24.4 Å². The lowest BCUT2D eigenvalue weighted by Crippen LogP contribution is -2.03. The second-order valence-corrected chi connectivity index (χ2v) is 8.39. The Bertz CT molecular complexity index is 1280. The Morgan fingerprint density at radius 1 is 1.17 bits per heavy atom. The SMILES string of the molecule is COc1cc(Nc2nc(N)n(-c3ccc(S(C)(=O)=O)cc3)n2)ccc1-c1cnco1. The number of rotatable bonds is 6. The maximum absolute atomic E-state index is 11.6. The van der Waals surface area contributed by atoms with Crippen molar-refractivity contribution < 1.29 is 17.6 Å². The molecule has 154 valence electrons. The predicted molar refractivity (Wildman–Crippen MR) is 111 cm³/mol. The maximum Gasteiger partial charge on any atom is 0.248 e. The largest absolute Gasteiger partial charge is 0.496 e. The summed E-state index contributed by atoms with van der Waals surface area (Å²) in [5.74, 6) is 1.59. The van der Waals surface area contributed by atoms with Crippen LogP contribution in [0.15, 0.2) is 64.4 Å². The summed E-state index contributed by atoms with van der Waals surface area (Å²) in [6, 6.07) is 11.6. The Morgan fingerprint density at radius 3 is 2.57 bits per heavy atom. The van der Waals surface area contributed by atoms with Gasteiger partial charge in [0.05, 0.1) is 29.5 Å². The average Bonchev–Trinajstić information content (AvgIpc) is 3.37. The minimum atomic E-state index is -3.29. The van der Waals surface area contributed by atoms with Crippen LogP contribution in [0.1, 0.15) is 0 Å². The number of anilines is 3. The molecule has 0 spiro atoms. The maximum atomic E-state index is 11.6. The summed E-state index contributed by atoms with van der Waals surface area (Å²) in [6.07, 6.45) is 4.10. The van der Waals surface area contributed by atoms with Gasteiger partial charge in [0.25, 0.3) is 0 Å². The van der Waals surface area contributed by atoms with Crippen molar-refractivity contribution in [2.45, 2.75) is 4.90 Å². The van der Waals surface area contributed by atoms with Crippen LogP contribution in [-0.4, -0.2) is 41.5 Å². The van der Waals surface area contributed by atoms with Crippen LogP contribution in [0.5, 0.6) is 5.75 Å². The fraction of sp³-hybridized carbons (Fsp3) is 0.105. The monoisotopic (exact) mass is 426 g/mol. The number of benzene rings is 2. The molecule has 2 aromatic heterocycles. The molecule has 4 rings (SSSR count). The summed E-state index contributed by atoms with van der Waals surface area (Å²) >= 11 is 0. The van der Waals surface area contributed by atoms with Crippen LogP contribution in [0.4, 0.5) is 17.6 Å². The van der Waals surface area contributed by atoms with E-state index in [4.69, 9.17) is 14.9 Å². The Morgan fingerprint density at radius 2 is 1.93 bits per heavy atom. The lowest BCUT2D eigenvalue weighted by atomic mass is 10.1. The zero-order valence-corrected chi connectivity index (χ0v) is 16.9. The third-order valence-electron chi connectivity index (χ3n) is 4.30. The lowest BCUT2D eigenvalue weighted by Gasteiger charge is -2.09. The van der Waals surface area contributed by atoms with Crippen molar-refractivity contribution in [3.8, 4) is 22.8 Å². The Kier molecular flexibility index (Phi) is 4.88. The van der Waals surface area contributed by atoms with Gasteiger partial charge in [0.15, 0.2) is 22.0 Å². The van der Waals surface area contributed by atoms with Gasteiger partial charge in [-0.15, -0.1) is 5.10 Å². The highest BCUT2D eigenvalue weighted by molar-refractivity contribution is 7.90. The number of nitrogens with two attached hydrogens (primary N) is 1. The second kappa shape index (κ2) is 7.52. The van der Waals surface area contributed by atoms with E-state index in [1.807, 2.05) is 12.1 Å². The van der Waals surface area contributed by atoms with Gasteiger partial charge < -0.3 is 20.2 Å². The van der Waals surface area contributed by atoms with Gasteiger partial charge >= 0.3 is 0 Å². The molecule has 2 heterocycles. The topological polar surface area (TPSA) is 138 Å². The number of oxazole rings is 1. The van der Waals surface area contributed by atoms with E-state index in [1.54, 1.807) is 31.5 Å². The summed E-state index contributed by atoms with van der Waals surface area (Å²) in [4.78, 5) is 8.34. The summed E-state index contributed by atoms with van der Waals surface area (Å²) in [5, 5.41) is 7.42. The van der Waals surface area contributed by atoms with Crippen LogP contribution in [0, 0.1) is 0 Å². The molecule has 0 aliphatic heterocycles.